The molecule has 3 heterocycles. The number of piperazine rings is 1. The molecule has 2 atom stereocenters. The molecule has 5 rings (SSSR count). The van der Waals surface area contributed by atoms with Crippen LogP contribution in [0.4, 0.5) is 4.39 Å². The highest BCUT2D eigenvalue weighted by molar-refractivity contribution is 7.12. The third kappa shape index (κ3) is 5.53. The third-order valence-electron chi connectivity index (χ3n) is 6.79. The average molecular weight is 548 g/mol. The van der Waals surface area contributed by atoms with Crippen molar-refractivity contribution in [3.8, 4) is 0 Å². The molecule has 0 radical (unpaired) electrons. The highest BCUT2D eigenvalue weighted by atomic mass is 32.1. The van der Waals surface area contributed by atoms with Crippen LogP contribution in [0.15, 0.2) is 72.2 Å². The van der Waals surface area contributed by atoms with Gasteiger partial charge in [-0.15, -0.1) is 11.3 Å². The van der Waals surface area contributed by atoms with Gasteiger partial charge in [-0.25, -0.2) is 4.39 Å². The molecule has 0 aliphatic carbocycles. The maximum Gasteiger partial charge on any atom is 0.264 e. The average Bonchev–Trinajstić information content (AvgIpc) is 3.62. The van der Waals surface area contributed by atoms with Gasteiger partial charge in [-0.2, -0.15) is 0 Å². The van der Waals surface area contributed by atoms with Gasteiger partial charge in [-0.05, 0) is 41.3 Å². The zero-order valence-electron chi connectivity index (χ0n) is 20.8. The quantitative estimate of drug-likeness (QED) is 0.329. The molecule has 11 heteroatoms. The zero-order valence-corrected chi connectivity index (χ0v) is 21.6. The van der Waals surface area contributed by atoms with Crippen molar-refractivity contribution in [3.63, 3.8) is 0 Å². The van der Waals surface area contributed by atoms with Gasteiger partial charge in [0.05, 0.1) is 11.4 Å². The number of para-hydroxylation sites is 1. The molecule has 4 N–H and O–H groups in total. The molecule has 0 unspecified atom stereocenters. The molecule has 4 aromatic rings. The zero-order chi connectivity index (χ0) is 27.5. The van der Waals surface area contributed by atoms with Crippen LogP contribution in [0.25, 0.3) is 10.9 Å². The number of aromatic amines is 1. The number of H-pyrrole nitrogens is 1. The second-order valence-electron chi connectivity index (χ2n) is 9.28. The number of primary amides is 1. The fraction of sp³-hybridized carbons (Fsp3) is 0.214. The van der Waals surface area contributed by atoms with Crippen molar-refractivity contribution < 1.29 is 23.6 Å². The second kappa shape index (κ2) is 11.1. The Hall–Kier alpha value is -4.51. The van der Waals surface area contributed by atoms with Crippen LogP contribution in [0.5, 0.6) is 0 Å². The number of hydrogen-bond donors (Lipinski definition) is 3. The van der Waals surface area contributed by atoms with Crippen LogP contribution >= 0.6 is 11.3 Å². The summed E-state index contributed by atoms with van der Waals surface area (Å²) >= 11 is 1.24. The summed E-state index contributed by atoms with van der Waals surface area (Å²) in [6.07, 6.45) is 1.90. The Bertz CT molecular complexity index is 1540. The standard InChI is InChI=1S/C28H26FN5O4S/c29-19-6-3-5-17(13-19)27(37)33-10-11-34(28(38)24-9-4-12-39-24)23(16-33)26(36)32-22(25(30)35)14-18-15-31-21-8-2-1-7-20(18)21/h1-9,12-13,15,22-23,31H,10-11,14,16H2,(H2,30,35)(H,32,36)/t22-,23-/m1/s1. The van der Waals surface area contributed by atoms with Gasteiger partial charge in [-0.3, -0.25) is 19.2 Å². The van der Waals surface area contributed by atoms with Crippen molar-refractivity contribution in [1.29, 1.82) is 0 Å². The Morgan fingerprint density at radius 3 is 2.62 bits per heavy atom. The highest BCUT2D eigenvalue weighted by Crippen LogP contribution is 2.22. The molecule has 0 saturated carbocycles. The minimum absolute atomic E-state index is 0.0829. The summed E-state index contributed by atoms with van der Waals surface area (Å²) in [5.41, 5.74) is 7.49. The van der Waals surface area contributed by atoms with Crippen LogP contribution in [-0.4, -0.2) is 70.1 Å². The van der Waals surface area contributed by atoms with Crippen molar-refractivity contribution in [1.82, 2.24) is 20.1 Å². The molecule has 0 bridgehead atoms. The van der Waals surface area contributed by atoms with Gasteiger partial charge in [-0.1, -0.05) is 30.3 Å². The number of hydrogen-bond acceptors (Lipinski definition) is 5. The molecule has 4 amide bonds. The first-order valence-electron chi connectivity index (χ1n) is 12.4. The maximum absolute atomic E-state index is 13.8. The number of halogens is 1. The van der Waals surface area contributed by atoms with E-state index in [1.807, 2.05) is 24.3 Å². The van der Waals surface area contributed by atoms with Crippen LogP contribution < -0.4 is 11.1 Å². The first-order valence-corrected chi connectivity index (χ1v) is 13.2. The summed E-state index contributed by atoms with van der Waals surface area (Å²) in [7, 11) is 0. The van der Waals surface area contributed by atoms with E-state index in [4.69, 9.17) is 5.73 Å². The van der Waals surface area contributed by atoms with E-state index in [0.717, 1.165) is 22.5 Å². The van der Waals surface area contributed by atoms with Gasteiger partial charge in [0.15, 0.2) is 0 Å². The van der Waals surface area contributed by atoms with E-state index in [0.29, 0.717) is 4.88 Å². The fourth-order valence-electron chi connectivity index (χ4n) is 4.79. The number of benzene rings is 2. The van der Waals surface area contributed by atoms with E-state index >= 15 is 0 Å². The summed E-state index contributed by atoms with van der Waals surface area (Å²) in [6, 6.07) is 14.1. The summed E-state index contributed by atoms with van der Waals surface area (Å²) in [5, 5.41) is 5.37. The summed E-state index contributed by atoms with van der Waals surface area (Å²) in [5.74, 6) is -2.70. The van der Waals surface area contributed by atoms with Crippen molar-refractivity contribution >= 4 is 45.9 Å². The molecular formula is C28H26FN5O4S. The molecule has 1 aliphatic heterocycles. The number of rotatable bonds is 7. The predicted octanol–water partition coefficient (Wildman–Crippen LogP) is 2.55. The summed E-state index contributed by atoms with van der Waals surface area (Å²) in [6.45, 7) is 0.112. The van der Waals surface area contributed by atoms with Crippen LogP contribution in [-0.2, 0) is 16.0 Å². The van der Waals surface area contributed by atoms with Crippen molar-refractivity contribution in [2.75, 3.05) is 19.6 Å². The van der Waals surface area contributed by atoms with Gasteiger partial charge >= 0.3 is 0 Å². The van der Waals surface area contributed by atoms with Gasteiger partial charge in [0.2, 0.25) is 11.8 Å². The van der Waals surface area contributed by atoms with Crippen molar-refractivity contribution in [3.05, 3.63) is 94.1 Å². The van der Waals surface area contributed by atoms with Gasteiger partial charge in [0.25, 0.3) is 11.8 Å². The van der Waals surface area contributed by atoms with E-state index in [2.05, 4.69) is 10.3 Å². The Morgan fingerprint density at radius 2 is 1.87 bits per heavy atom. The van der Waals surface area contributed by atoms with Gasteiger partial charge in [0, 0.05) is 42.2 Å². The number of nitrogens with one attached hydrogen (secondary N) is 2. The smallest absolute Gasteiger partial charge is 0.264 e. The highest BCUT2D eigenvalue weighted by Gasteiger charge is 2.39. The number of thiophene rings is 1. The van der Waals surface area contributed by atoms with E-state index in [9.17, 15) is 23.6 Å². The second-order valence-corrected chi connectivity index (χ2v) is 10.2. The van der Waals surface area contributed by atoms with E-state index in [1.54, 1.807) is 23.7 Å². The summed E-state index contributed by atoms with van der Waals surface area (Å²) in [4.78, 5) is 58.9. The van der Waals surface area contributed by atoms with E-state index < -0.39 is 35.6 Å². The van der Waals surface area contributed by atoms with Crippen LogP contribution in [0.1, 0.15) is 25.6 Å². The fourth-order valence-corrected chi connectivity index (χ4v) is 5.47. The molecule has 0 spiro atoms. The lowest BCUT2D eigenvalue weighted by atomic mass is 10.0. The summed E-state index contributed by atoms with van der Waals surface area (Å²) < 4.78 is 13.8. The molecule has 1 saturated heterocycles. The van der Waals surface area contributed by atoms with E-state index in [1.165, 1.54) is 39.3 Å². The number of carbonyl (C=O) groups is 4. The maximum atomic E-state index is 13.8. The Kier molecular flexibility index (Phi) is 7.42. The van der Waals surface area contributed by atoms with Crippen LogP contribution in [0.2, 0.25) is 0 Å². The van der Waals surface area contributed by atoms with Crippen LogP contribution in [0.3, 0.4) is 0 Å². The molecule has 2 aromatic carbocycles. The van der Waals surface area contributed by atoms with Crippen LogP contribution in [0, 0.1) is 5.82 Å². The number of nitrogens with zero attached hydrogens (tertiary/aromatic N) is 2. The predicted molar refractivity (Wildman–Crippen MR) is 145 cm³/mol. The monoisotopic (exact) mass is 547 g/mol. The molecular weight excluding hydrogens is 521 g/mol. The topological polar surface area (TPSA) is 129 Å². The number of fused-ring (bicyclic) bond motifs is 1. The molecule has 1 aliphatic rings. The Labute approximate surface area is 227 Å². The van der Waals surface area contributed by atoms with Crippen molar-refractivity contribution in [2.24, 2.45) is 5.73 Å². The Balaban J connectivity index is 1.39. The molecule has 39 heavy (non-hydrogen) atoms. The number of amides is 4. The molecule has 200 valence electrons. The normalized spacial score (nSPS) is 16.2. The number of nitrogens with two attached hydrogens (primary N) is 1. The minimum atomic E-state index is -1.09. The van der Waals surface area contributed by atoms with Crippen molar-refractivity contribution in [2.45, 2.75) is 18.5 Å². The van der Waals surface area contributed by atoms with E-state index in [-0.39, 0.29) is 37.5 Å². The number of aromatic nitrogens is 1. The SMILES string of the molecule is NC(=O)[C@@H](Cc1c[nH]c2ccccc12)NC(=O)[C@H]1CN(C(=O)c2cccc(F)c2)CCN1C(=O)c1cccs1. The first-order chi connectivity index (χ1) is 18.8. The lowest BCUT2D eigenvalue weighted by molar-refractivity contribution is -0.131. The third-order valence-corrected chi connectivity index (χ3v) is 7.65. The lowest BCUT2D eigenvalue weighted by Crippen LogP contribution is -2.63. The largest absolute Gasteiger partial charge is 0.368 e. The number of carbonyl (C=O) groups excluding carboxylic acids is 4. The molecule has 1 fully saturated rings. The van der Waals surface area contributed by atoms with Gasteiger partial charge < -0.3 is 25.8 Å². The van der Waals surface area contributed by atoms with Gasteiger partial charge in [0.1, 0.15) is 17.9 Å². The lowest BCUT2D eigenvalue weighted by Gasteiger charge is -2.40. The molecule has 9 nitrogen and oxygen atoms in total. The minimum Gasteiger partial charge on any atom is -0.368 e. The Morgan fingerprint density at radius 1 is 1.05 bits per heavy atom. The molecule has 2 aromatic heterocycles. The first kappa shape index (κ1) is 26.1.